The third-order valence-electron chi connectivity index (χ3n) is 2.95. The van der Waals surface area contributed by atoms with Crippen LogP contribution in [-0.2, 0) is 9.57 Å². The van der Waals surface area contributed by atoms with Crippen LogP contribution < -0.4 is 5.48 Å². The van der Waals surface area contributed by atoms with Crippen LogP contribution >= 0.6 is 0 Å². The standard InChI is InChI=1S/C16H19NO3/c1-19-11-12-20-17-16(13-5-3-2-4-6-13)14-7-9-15(18)10-8-14/h2-10,16-18H,11-12H2,1H3. The van der Waals surface area contributed by atoms with Gasteiger partial charge in [0.15, 0.2) is 0 Å². The van der Waals surface area contributed by atoms with Gasteiger partial charge in [0, 0.05) is 7.11 Å². The van der Waals surface area contributed by atoms with Crippen molar-refractivity contribution >= 4 is 0 Å². The monoisotopic (exact) mass is 273 g/mol. The summed E-state index contributed by atoms with van der Waals surface area (Å²) in [5, 5.41) is 9.39. The molecule has 0 fully saturated rings. The summed E-state index contributed by atoms with van der Waals surface area (Å²) in [4.78, 5) is 5.44. The molecule has 0 heterocycles. The molecular weight excluding hydrogens is 254 g/mol. The van der Waals surface area contributed by atoms with E-state index < -0.39 is 0 Å². The van der Waals surface area contributed by atoms with Gasteiger partial charge in [0.1, 0.15) is 5.75 Å². The van der Waals surface area contributed by atoms with Crippen LogP contribution in [0.5, 0.6) is 5.75 Å². The fraction of sp³-hybridized carbons (Fsp3) is 0.250. The lowest BCUT2D eigenvalue weighted by Gasteiger charge is -2.19. The molecule has 2 aromatic rings. The molecule has 0 aliphatic rings. The van der Waals surface area contributed by atoms with Gasteiger partial charge in [-0.15, -0.1) is 0 Å². The number of benzene rings is 2. The average Bonchev–Trinajstić information content (AvgIpc) is 2.50. The van der Waals surface area contributed by atoms with Gasteiger partial charge in [0.2, 0.25) is 0 Å². The van der Waals surface area contributed by atoms with Crippen molar-refractivity contribution in [2.75, 3.05) is 20.3 Å². The van der Waals surface area contributed by atoms with Crippen molar-refractivity contribution in [3.05, 3.63) is 65.7 Å². The van der Waals surface area contributed by atoms with Gasteiger partial charge in [-0.25, -0.2) is 0 Å². The first-order valence-corrected chi connectivity index (χ1v) is 6.51. The predicted octanol–water partition coefficient (Wildman–Crippen LogP) is 2.65. The largest absolute Gasteiger partial charge is 0.508 e. The van der Waals surface area contributed by atoms with Crippen molar-refractivity contribution in [2.24, 2.45) is 0 Å². The highest BCUT2D eigenvalue weighted by molar-refractivity contribution is 5.34. The second kappa shape index (κ2) is 7.65. The molecule has 2 aromatic carbocycles. The maximum Gasteiger partial charge on any atom is 0.115 e. The van der Waals surface area contributed by atoms with Gasteiger partial charge < -0.3 is 9.84 Å². The average molecular weight is 273 g/mol. The molecule has 2 rings (SSSR count). The summed E-state index contributed by atoms with van der Waals surface area (Å²) in [7, 11) is 1.64. The Labute approximate surface area is 118 Å². The molecule has 0 saturated carbocycles. The number of rotatable bonds is 7. The lowest BCUT2D eigenvalue weighted by atomic mass is 9.99. The van der Waals surface area contributed by atoms with Crippen molar-refractivity contribution in [3.63, 3.8) is 0 Å². The molecule has 0 bridgehead atoms. The molecule has 0 spiro atoms. The van der Waals surface area contributed by atoms with E-state index in [4.69, 9.17) is 9.57 Å². The van der Waals surface area contributed by atoms with E-state index in [1.807, 2.05) is 42.5 Å². The van der Waals surface area contributed by atoms with Gasteiger partial charge in [-0.3, -0.25) is 4.84 Å². The summed E-state index contributed by atoms with van der Waals surface area (Å²) in [6, 6.07) is 17.0. The maximum absolute atomic E-state index is 9.39. The summed E-state index contributed by atoms with van der Waals surface area (Å²) >= 11 is 0. The third kappa shape index (κ3) is 4.06. The Bertz CT molecular complexity index is 499. The Morgan fingerprint density at radius 2 is 1.60 bits per heavy atom. The SMILES string of the molecule is COCCONC(c1ccccc1)c1ccc(O)cc1. The number of ether oxygens (including phenoxy) is 1. The first-order valence-electron chi connectivity index (χ1n) is 6.51. The lowest BCUT2D eigenvalue weighted by molar-refractivity contribution is -0.00570. The number of hydrogen-bond acceptors (Lipinski definition) is 4. The first kappa shape index (κ1) is 14.5. The molecule has 106 valence electrons. The van der Waals surface area contributed by atoms with E-state index in [2.05, 4.69) is 5.48 Å². The Morgan fingerprint density at radius 3 is 2.25 bits per heavy atom. The summed E-state index contributed by atoms with van der Waals surface area (Å²) < 4.78 is 4.95. The van der Waals surface area contributed by atoms with Crippen molar-refractivity contribution in [3.8, 4) is 5.75 Å². The van der Waals surface area contributed by atoms with Crippen LogP contribution in [0.3, 0.4) is 0 Å². The molecular formula is C16H19NO3. The second-order valence-corrected chi connectivity index (χ2v) is 4.39. The third-order valence-corrected chi connectivity index (χ3v) is 2.95. The van der Waals surface area contributed by atoms with Gasteiger partial charge >= 0.3 is 0 Å². The number of phenols is 1. The van der Waals surface area contributed by atoms with Crippen LogP contribution in [0.4, 0.5) is 0 Å². The summed E-state index contributed by atoms with van der Waals surface area (Å²) in [6.07, 6.45) is 0. The van der Waals surface area contributed by atoms with Gasteiger partial charge in [-0.2, -0.15) is 5.48 Å². The Hall–Kier alpha value is -1.88. The molecule has 1 atom stereocenters. The van der Waals surface area contributed by atoms with E-state index in [0.717, 1.165) is 11.1 Å². The fourth-order valence-electron chi connectivity index (χ4n) is 1.91. The molecule has 0 radical (unpaired) electrons. The minimum Gasteiger partial charge on any atom is -0.508 e. The van der Waals surface area contributed by atoms with Crippen LogP contribution in [0.1, 0.15) is 17.2 Å². The van der Waals surface area contributed by atoms with Crippen LogP contribution in [-0.4, -0.2) is 25.4 Å². The van der Waals surface area contributed by atoms with Crippen LogP contribution in [0.25, 0.3) is 0 Å². The fourth-order valence-corrected chi connectivity index (χ4v) is 1.91. The van der Waals surface area contributed by atoms with E-state index in [-0.39, 0.29) is 11.8 Å². The highest BCUT2D eigenvalue weighted by atomic mass is 16.7. The van der Waals surface area contributed by atoms with Crippen LogP contribution in [0.15, 0.2) is 54.6 Å². The van der Waals surface area contributed by atoms with E-state index in [9.17, 15) is 5.11 Å². The van der Waals surface area contributed by atoms with Crippen molar-refractivity contribution < 1.29 is 14.7 Å². The van der Waals surface area contributed by atoms with Crippen LogP contribution in [0, 0.1) is 0 Å². The van der Waals surface area contributed by atoms with E-state index >= 15 is 0 Å². The molecule has 20 heavy (non-hydrogen) atoms. The maximum atomic E-state index is 9.39. The predicted molar refractivity (Wildman–Crippen MR) is 77.4 cm³/mol. The quantitative estimate of drug-likeness (QED) is 0.601. The molecule has 0 aromatic heterocycles. The van der Waals surface area contributed by atoms with Gasteiger partial charge in [0.25, 0.3) is 0 Å². The van der Waals surface area contributed by atoms with E-state index in [1.165, 1.54) is 0 Å². The molecule has 4 heteroatoms. The molecule has 0 amide bonds. The minimum absolute atomic E-state index is 0.0892. The van der Waals surface area contributed by atoms with Crippen molar-refractivity contribution in [1.29, 1.82) is 0 Å². The Kier molecular flexibility index (Phi) is 5.55. The normalized spacial score (nSPS) is 12.2. The molecule has 0 aliphatic carbocycles. The number of nitrogens with one attached hydrogen (secondary N) is 1. The van der Waals surface area contributed by atoms with E-state index in [0.29, 0.717) is 13.2 Å². The molecule has 0 saturated heterocycles. The number of hydroxylamine groups is 1. The Balaban J connectivity index is 2.13. The highest BCUT2D eigenvalue weighted by Gasteiger charge is 2.13. The zero-order valence-electron chi connectivity index (χ0n) is 11.5. The Morgan fingerprint density at radius 1 is 0.950 bits per heavy atom. The first-order chi connectivity index (χ1) is 9.81. The number of aromatic hydroxyl groups is 1. The van der Waals surface area contributed by atoms with Gasteiger partial charge in [-0.05, 0) is 23.3 Å². The highest BCUT2D eigenvalue weighted by Crippen LogP contribution is 2.23. The summed E-state index contributed by atoms with van der Waals surface area (Å²) in [5.41, 5.74) is 5.16. The molecule has 1 unspecified atom stereocenters. The smallest absolute Gasteiger partial charge is 0.115 e. The van der Waals surface area contributed by atoms with Crippen molar-refractivity contribution in [1.82, 2.24) is 5.48 Å². The molecule has 4 nitrogen and oxygen atoms in total. The van der Waals surface area contributed by atoms with Gasteiger partial charge in [0.05, 0.1) is 19.3 Å². The second-order valence-electron chi connectivity index (χ2n) is 4.39. The minimum atomic E-state index is -0.0892. The van der Waals surface area contributed by atoms with Gasteiger partial charge in [-0.1, -0.05) is 42.5 Å². The number of hydrogen-bond donors (Lipinski definition) is 2. The number of methoxy groups -OCH3 is 1. The number of phenolic OH excluding ortho intramolecular Hbond substituents is 1. The molecule has 0 aliphatic heterocycles. The zero-order chi connectivity index (χ0) is 14.2. The van der Waals surface area contributed by atoms with Crippen LogP contribution in [0.2, 0.25) is 0 Å². The lowest BCUT2D eigenvalue weighted by Crippen LogP contribution is -2.24. The summed E-state index contributed by atoms with van der Waals surface area (Å²) in [6.45, 7) is 1.00. The summed E-state index contributed by atoms with van der Waals surface area (Å²) in [5.74, 6) is 0.251. The topological polar surface area (TPSA) is 50.7 Å². The zero-order valence-corrected chi connectivity index (χ0v) is 11.5. The van der Waals surface area contributed by atoms with Crippen molar-refractivity contribution in [2.45, 2.75) is 6.04 Å². The molecule has 2 N–H and O–H groups in total. The van der Waals surface area contributed by atoms with E-state index in [1.54, 1.807) is 19.2 Å².